The molecule has 0 spiro atoms. The van der Waals surface area contributed by atoms with Crippen molar-refractivity contribution in [1.29, 1.82) is 0 Å². The summed E-state index contributed by atoms with van der Waals surface area (Å²) in [6.07, 6.45) is 13.8. The Morgan fingerprint density at radius 2 is 1.82 bits per heavy atom. The van der Waals surface area contributed by atoms with Gasteiger partial charge in [-0.2, -0.15) is 0 Å². The van der Waals surface area contributed by atoms with E-state index in [1.165, 1.54) is 11.1 Å². The summed E-state index contributed by atoms with van der Waals surface area (Å²) < 4.78 is 16.7. The van der Waals surface area contributed by atoms with Crippen LogP contribution in [0.1, 0.15) is 83.5 Å². The normalized spacial score (nSPS) is 20.5. The molecule has 1 aromatic rings. The fourth-order valence-electron chi connectivity index (χ4n) is 3.88. The predicted molar refractivity (Wildman–Crippen MR) is 131 cm³/mol. The van der Waals surface area contributed by atoms with Gasteiger partial charge in [0.05, 0.1) is 6.26 Å². The van der Waals surface area contributed by atoms with Crippen LogP contribution < -0.4 is 0 Å². The van der Waals surface area contributed by atoms with E-state index in [0.717, 1.165) is 68.3 Å². The number of carbonyl (C=O) groups is 2. The van der Waals surface area contributed by atoms with Gasteiger partial charge >= 0.3 is 11.9 Å². The minimum Gasteiger partial charge on any atom is -0.469 e. The summed E-state index contributed by atoms with van der Waals surface area (Å²) in [5.41, 5.74) is 4.49. The van der Waals surface area contributed by atoms with Gasteiger partial charge in [0.25, 0.3) is 0 Å². The van der Waals surface area contributed by atoms with Crippen molar-refractivity contribution in [2.75, 3.05) is 13.2 Å². The summed E-state index contributed by atoms with van der Waals surface area (Å²) >= 11 is 0. The molecule has 0 radical (unpaired) electrons. The first kappa shape index (κ1) is 26.7. The lowest BCUT2D eigenvalue weighted by atomic mass is 9.89. The highest BCUT2D eigenvalue weighted by molar-refractivity contribution is 5.69. The van der Waals surface area contributed by atoms with Gasteiger partial charge in [-0.15, -0.1) is 0 Å². The standard InChI is InChI=1S/C28H40O5/c1-5-8-27(29)32-18-22(4)25-14-12-21(3)16-26-17-24(20-31-26)11-7-10-23(13-15-25)19-33-28(30)9-6-2/h10,12,17,20,25H,4-9,11,13-16,18-19H2,1-3H3/b21-12+,23-10-/t25-/m1/s1. The molecule has 1 aromatic heterocycles. The molecule has 33 heavy (non-hydrogen) atoms. The molecule has 0 fully saturated rings. The van der Waals surface area contributed by atoms with Gasteiger partial charge in [-0.25, -0.2) is 0 Å². The van der Waals surface area contributed by atoms with E-state index in [9.17, 15) is 9.59 Å². The van der Waals surface area contributed by atoms with E-state index >= 15 is 0 Å². The summed E-state index contributed by atoms with van der Waals surface area (Å²) in [5.74, 6) is 0.819. The van der Waals surface area contributed by atoms with Crippen molar-refractivity contribution in [3.05, 3.63) is 59.1 Å². The lowest BCUT2D eigenvalue weighted by Crippen LogP contribution is -2.14. The van der Waals surface area contributed by atoms with Gasteiger partial charge in [-0.05, 0) is 80.6 Å². The number of allylic oxidation sites excluding steroid dienone is 3. The van der Waals surface area contributed by atoms with Crippen LogP contribution in [0.3, 0.4) is 0 Å². The number of furan rings is 1. The largest absolute Gasteiger partial charge is 0.469 e. The fourth-order valence-corrected chi connectivity index (χ4v) is 3.88. The number of hydrogen-bond acceptors (Lipinski definition) is 5. The first-order chi connectivity index (χ1) is 15.9. The Hall–Kier alpha value is -2.56. The van der Waals surface area contributed by atoms with Gasteiger partial charge in [0, 0.05) is 19.3 Å². The smallest absolute Gasteiger partial charge is 0.306 e. The summed E-state index contributed by atoms with van der Waals surface area (Å²) in [6, 6.07) is 2.13. The van der Waals surface area contributed by atoms with E-state index in [2.05, 4.69) is 31.7 Å². The minimum absolute atomic E-state index is 0.153. The van der Waals surface area contributed by atoms with Crippen molar-refractivity contribution in [3.63, 3.8) is 0 Å². The number of carbonyl (C=O) groups excluding carboxylic acids is 2. The molecule has 2 bridgehead atoms. The van der Waals surface area contributed by atoms with Crippen LogP contribution >= 0.6 is 0 Å². The molecule has 0 aliphatic heterocycles. The van der Waals surface area contributed by atoms with Crippen LogP contribution in [0.2, 0.25) is 0 Å². The highest BCUT2D eigenvalue weighted by Gasteiger charge is 2.16. The van der Waals surface area contributed by atoms with Gasteiger partial charge in [-0.1, -0.05) is 38.2 Å². The average Bonchev–Trinajstić information content (AvgIpc) is 3.22. The molecule has 5 nitrogen and oxygen atoms in total. The fraction of sp³-hybridized carbons (Fsp3) is 0.571. The van der Waals surface area contributed by atoms with Crippen LogP contribution in [0.15, 0.2) is 52.2 Å². The molecule has 1 heterocycles. The van der Waals surface area contributed by atoms with E-state index < -0.39 is 0 Å². The second kappa shape index (κ2) is 14.6. The summed E-state index contributed by atoms with van der Waals surface area (Å²) in [6.45, 7) is 10.9. The van der Waals surface area contributed by atoms with Crippen LogP contribution in [0, 0.1) is 5.92 Å². The number of esters is 2. The lowest BCUT2D eigenvalue weighted by molar-refractivity contribution is -0.143. The quantitative estimate of drug-likeness (QED) is 0.307. The number of ether oxygens (including phenoxy) is 2. The Morgan fingerprint density at radius 3 is 2.55 bits per heavy atom. The van der Waals surface area contributed by atoms with Crippen molar-refractivity contribution >= 4 is 11.9 Å². The van der Waals surface area contributed by atoms with Crippen LogP contribution in [0.5, 0.6) is 0 Å². The third-order valence-electron chi connectivity index (χ3n) is 5.91. The van der Waals surface area contributed by atoms with Crippen LogP contribution in [-0.2, 0) is 31.9 Å². The summed E-state index contributed by atoms with van der Waals surface area (Å²) in [7, 11) is 0. The van der Waals surface area contributed by atoms with E-state index in [4.69, 9.17) is 13.9 Å². The van der Waals surface area contributed by atoms with Gasteiger partial charge in [0.1, 0.15) is 19.0 Å². The number of aryl methyl sites for hydroxylation is 1. The van der Waals surface area contributed by atoms with Crippen molar-refractivity contribution < 1.29 is 23.5 Å². The van der Waals surface area contributed by atoms with Crippen LogP contribution in [-0.4, -0.2) is 25.2 Å². The molecular weight excluding hydrogens is 416 g/mol. The van der Waals surface area contributed by atoms with Gasteiger partial charge in [0.15, 0.2) is 0 Å². The zero-order chi connectivity index (χ0) is 24.1. The highest BCUT2D eigenvalue weighted by Crippen LogP contribution is 2.26. The first-order valence-corrected chi connectivity index (χ1v) is 12.3. The topological polar surface area (TPSA) is 65.7 Å². The second-order valence-electron chi connectivity index (χ2n) is 9.00. The average molecular weight is 457 g/mol. The second-order valence-corrected chi connectivity index (χ2v) is 9.00. The van der Waals surface area contributed by atoms with Gasteiger partial charge in [0.2, 0.25) is 0 Å². The maximum absolute atomic E-state index is 11.9. The van der Waals surface area contributed by atoms with Crippen molar-refractivity contribution in [2.45, 2.75) is 85.0 Å². The molecule has 0 saturated heterocycles. The van der Waals surface area contributed by atoms with E-state index in [-0.39, 0.29) is 24.5 Å². The van der Waals surface area contributed by atoms with Gasteiger partial charge < -0.3 is 13.9 Å². The molecule has 0 unspecified atom stereocenters. The van der Waals surface area contributed by atoms with Gasteiger partial charge in [-0.3, -0.25) is 9.59 Å². The Morgan fingerprint density at radius 1 is 1.09 bits per heavy atom. The molecule has 5 heteroatoms. The third kappa shape index (κ3) is 10.3. The molecule has 0 saturated carbocycles. The van der Waals surface area contributed by atoms with Crippen LogP contribution in [0.25, 0.3) is 0 Å². The zero-order valence-electron chi connectivity index (χ0n) is 20.6. The maximum Gasteiger partial charge on any atom is 0.306 e. The molecule has 1 aliphatic carbocycles. The first-order valence-electron chi connectivity index (χ1n) is 12.3. The van der Waals surface area contributed by atoms with E-state index in [1.54, 1.807) is 0 Å². The Labute approximate surface area is 198 Å². The molecule has 0 aromatic carbocycles. The highest BCUT2D eigenvalue weighted by atomic mass is 16.5. The molecular formula is C28H40O5. The van der Waals surface area contributed by atoms with Crippen molar-refractivity contribution in [2.24, 2.45) is 5.92 Å². The lowest BCUT2D eigenvalue weighted by Gasteiger charge is -2.20. The monoisotopic (exact) mass is 456 g/mol. The molecule has 2 rings (SSSR count). The number of hydrogen-bond donors (Lipinski definition) is 0. The molecule has 1 aliphatic rings. The molecule has 0 amide bonds. The Balaban J connectivity index is 2.14. The van der Waals surface area contributed by atoms with E-state index in [0.29, 0.717) is 19.4 Å². The zero-order valence-corrected chi connectivity index (χ0v) is 20.6. The number of rotatable bonds is 9. The molecule has 0 N–H and O–H groups in total. The molecule has 182 valence electrons. The SMILES string of the molecule is C=C(COC(=O)CCC)[C@@H]1C/C=C(\C)Cc2cc(co2)CC/C=C(\COC(=O)CCC)CC1. The van der Waals surface area contributed by atoms with E-state index in [1.807, 2.05) is 20.1 Å². The third-order valence-corrected chi connectivity index (χ3v) is 5.91. The predicted octanol–water partition coefficient (Wildman–Crippen LogP) is 6.67. The minimum atomic E-state index is -0.177. The van der Waals surface area contributed by atoms with Crippen molar-refractivity contribution in [3.8, 4) is 0 Å². The number of fused-ring (bicyclic) bond motifs is 2. The van der Waals surface area contributed by atoms with Crippen LogP contribution in [0.4, 0.5) is 0 Å². The Bertz CT molecular complexity index is 842. The summed E-state index contributed by atoms with van der Waals surface area (Å²) in [4.78, 5) is 23.7. The molecule has 1 atom stereocenters. The van der Waals surface area contributed by atoms with Crippen molar-refractivity contribution in [1.82, 2.24) is 0 Å². The Kier molecular flexibility index (Phi) is 11.8. The maximum atomic E-state index is 11.9. The summed E-state index contributed by atoms with van der Waals surface area (Å²) in [5, 5.41) is 0.